The Balaban J connectivity index is 3.92. The monoisotopic (exact) mass is 256 g/mol. The van der Waals surface area contributed by atoms with E-state index in [-0.39, 0.29) is 0 Å². The Labute approximate surface area is 105 Å². The van der Waals surface area contributed by atoms with Crippen LogP contribution in [0.25, 0.3) is 0 Å². The zero-order valence-corrected chi connectivity index (χ0v) is 9.81. The first-order valence-electron chi connectivity index (χ1n) is 5.39. The van der Waals surface area contributed by atoms with Crippen LogP contribution in [-0.4, -0.2) is 40.8 Å². The van der Waals surface area contributed by atoms with Gasteiger partial charge in [-0.05, 0) is 12.8 Å². The molecule has 100 valence electrons. The molecule has 0 unspecified atom stereocenters. The predicted molar refractivity (Wildman–Crippen MR) is 62.9 cm³/mol. The number of terminal acetylenes is 1. The number of carbonyl (C=O) groups excluding carboxylic acids is 1. The third-order valence-corrected chi connectivity index (χ3v) is 2.02. The smallest absolute Gasteiger partial charge is 0.326 e. The van der Waals surface area contributed by atoms with Crippen molar-refractivity contribution in [2.75, 3.05) is 6.54 Å². The number of aliphatic carboxylic acids is 2. The summed E-state index contributed by atoms with van der Waals surface area (Å²) in [6, 6.07) is -2.14. The van der Waals surface area contributed by atoms with Crippen LogP contribution in [0.5, 0.6) is 0 Å². The second-order valence-corrected chi connectivity index (χ2v) is 3.55. The molecule has 0 bridgehead atoms. The van der Waals surface area contributed by atoms with E-state index in [2.05, 4.69) is 16.6 Å². The molecule has 7 nitrogen and oxygen atoms in total. The second kappa shape index (κ2) is 8.87. The lowest BCUT2D eigenvalue weighted by Crippen LogP contribution is -2.47. The van der Waals surface area contributed by atoms with E-state index in [9.17, 15) is 14.4 Å². The van der Waals surface area contributed by atoms with E-state index < -0.39 is 30.4 Å². The maximum Gasteiger partial charge on any atom is 0.326 e. The highest BCUT2D eigenvalue weighted by Gasteiger charge is 2.22. The first kappa shape index (κ1) is 15.8. The molecule has 0 aliphatic carbocycles. The molecular formula is C11H16N2O5. The van der Waals surface area contributed by atoms with Gasteiger partial charge in [0.1, 0.15) is 6.04 Å². The van der Waals surface area contributed by atoms with Crippen molar-refractivity contribution < 1.29 is 24.6 Å². The van der Waals surface area contributed by atoms with Crippen molar-refractivity contribution >= 4 is 18.0 Å². The molecule has 0 aliphatic heterocycles. The molecule has 0 spiro atoms. The molecule has 0 radical (unpaired) electrons. The summed E-state index contributed by atoms with van der Waals surface area (Å²) in [5, 5.41) is 21.6. The van der Waals surface area contributed by atoms with E-state index in [1.54, 1.807) is 0 Å². The highest BCUT2D eigenvalue weighted by molar-refractivity contribution is 5.86. The van der Waals surface area contributed by atoms with Gasteiger partial charge >= 0.3 is 18.0 Å². The van der Waals surface area contributed by atoms with Gasteiger partial charge in [-0.2, -0.15) is 0 Å². The fourth-order valence-electron chi connectivity index (χ4n) is 1.14. The molecule has 4 N–H and O–H groups in total. The molecule has 0 aromatic heterocycles. The normalized spacial score (nSPS) is 11.1. The third kappa shape index (κ3) is 7.98. The Morgan fingerprint density at radius 2 is 1.89 bits per heavy atom. The first-order chi connectivity index (χ1) is 8.47. The van der Waals surface area contributed by atoms with E-state index in [0.29, 0.717) is 19.4 Å². The maximum atomic E-state index is 11.3. The summed E-state index contributed by atoms with van der Waals surface area (Å²) in [5.74, 6) is -0.230. The second-order valence-electron chi connectivity index (χ2n) is 3.55. The summed E-state index contributed by atoms with van der Waals surface area (Å²) in [4.78, 5) is 32.3. The van der Waals surface area contributed by atoms with Gasteiger partial charge in [0.05, 0.1) is 6.42 Å². The van der Waals surface area contributed by atoms with Crippen molar-refractivity contribution in [3.63, 3.8) is 0 Å². The van der Waals surface area contributed by atoms with Crippen LogP contribution in [0.3, 0.4) is 0 Å². The van der Waals surface area contributed by atoms with Gasteiger partial charge in [0.2, 0.25) is 0 Å². The predicted octanol–water partition coefficient (Wildman–Crippen LogP) is 0.0170. The zero-order chi connectivity index (χ0) is 14.0. The van der Waals surface area contributed by atoms with Gasteiger partial charge in [0.25, 0.3) is 0 Å². The van der Waals surface area contributed by atoms with Crippen molar-refractivity contribution in [1.29, 1.82) is 0 Å². The van der Waals surface area contributed by atoms with Gasteiger partial charge in [0.15, 0.2) is 0 Å². The number of carboxylic acids is 2. The summed E-state index contributed by atoms with van der Waals surface area (Å²) < 4.78 is 0. The number of carbonyl (C=O) groups is 3. The molecule has 0 saturated heterocycles. The Bertz CT molecular complexity index is 348. The van der Waals surface area contributed by atoms with Crippen LogP contribution in [-0.2, 0) is 9.59 Å². The molecular weight excluding hydrogens is 240 g/mol. The lowest BCUT2D eigenvalue weighted by atomic mass is 10.2. The Morgan fingerprint density at radius 1 is 1.22 bits per heavy atom. The number of nitrogens with one attached hydrogen (secondary N) is 2. The van der Waals surface area contributed by atoms with Gasteiger partial charge in [-0.3, -0.25) is 4.79 Å². The fraction of sp³-hybridized carbons (Fsp3) is 0.545. The standard InChI is InChI=1S/C11H16N2O5/c1-2-3-4-5-6-12-11(18)13-8(10(16)17)7-9(14)15/h1,8H,3-7H2,(H,14,15)(H,16,17)(H2,12,13,18)/t8-/m0/s1. The fourth-order valence-corrected chi connectivity index (χ4v) is 1.14. The van der Waals surface area contributed by atoms with Crippen LogP contribution >= 0.6 is 0 Å². The van der Waals surface area contributed by atoms with Crippen molar-refractivity contribution in [1.82, 2.24) is 10.6 Å². The van der Waals surface area contributed by atoms with Crippen LogP contribution in [0.15, 0.2) is 0 Å². The van der Waals surface area contributed by atoms with Gasteiger partial charge in [0, 0.05) is 13.0 Å². The van der Waals surface area contributed by atoms with Crippen molar-refractivity contribution in [2.45, 2.75) is 31.7 Å². The van der Waals surface area contributed by atoms with E-state index in [4.69, 9.17) is 16.6 Å². The Kier molecular flexibility index (Phi) is 7.77. The first-order valence-corrected chi connectivity index (χ1v) is 5.39. The highest BCUT2D eigenvalue weighted by atomic mass is 16.4. The van der Waals surface area contributed by atoms with Gasteiger partial charge < -0.3 is 20.8 Å². The van der Waals surface area contributed by atoms with Crippen molar-refractivity contribution in [2.24, 2.45) is 0 Å². The average Bonchev–Trinajstić information content (AvgIpc) is 2.27. The molecule has 0 aromatic rings. The summed E-state index contributed by atoms with van der Waals surface area (Å²) in [7, 11) is 0. The molecule has 0 heterocycles. The quantitative estimate of drug-likeness (QED) is 0.361. The van der Waals surface area contributed by atoms with E-state index in [1.807, 2.05) is 0 Å². The lowest BCUT2D eigenvalue weighted by Gasteiger charge is -2.13. The van der Waals surface area contributed by atoms with Gasteiger partial charge in [-0.1, -0.05) is 0 Å². The highest BCUT2D eigenvalue weighted by Crippen LogP contribution is 1.94. The zero-order valence-electron chi connectivity index (χ0n) is 9.81. The SMILES string of the molecule is C#CCCCCNC(=O)N[C@@H](CC(=O)O)C(=O)O. The number of carboxylic acid groups (broad SMARTS) is 2. The van der Waals surface area contributed by atoms with Crippen molar-refractivity contribution in [3.8, 4) is 12.3 Å². The van der Waals surface area contributed by atoms with Gasteiger partial charge in [-0.15, -0.1) is 12.3 Å². The molecule has 18 heavy (non-hydrogen) atoms. The number of hydrogen-bond acceptors (Lipinski definition) is 3. The number of amides is 2. The summed E-state index contributed by atoms with van der Waals surface area (Å²) in [6.07, 6.45) is 6.42. The minimum absolute atomic E-state index is 0.354. The molecule has 2 amide bonds. The molecule has 0 saturated carbocycles. The lowest BCUT2D eigenvalue weighted by molar-refractivity contribution is -0.145. The maximum absolute atomic E-state index is 11.3. The number of hydrogen-bond donors (Lipinski definition) is 4. The van der Waals surface area contributed by atoms with Crippen LogP contribution in [0, 0.1) is 12.3 Å². The third-order valence-electron chi connectivity index (χ3n) is 2.02. The molecule has 0 fully saturated rings. The number of urea groups is 1. The Hall–Kier alpha value is -2.23. The molecule has 7 heteroatoms. The minimum Gasteiger partial charge on any atom is -0.481 e. The summed E-state index contributed by atoms with van der Waals surface area (Å²) in [6.45, 7) is 0.354. The topological polar surface area (TPSA) is 116 Å². The van der Waals surface area contributed by atoms with Crippen molar-refractivity contribution in [3.05, 3.63) is 0 Å². The molecule has 1 atom stereocenters. The summed E-state index contributed by atoms with van der Waals surface area (Å²) >= 11 is 0. The van der Waals surface area contributed by atoms with E-state index in [0.717, 1.165) is 6.42 Å². The van der Waals surface area contributed by atoms with E-state index >= 15 is 0 Å². The van der Waals surface area contributed by atoms with Crippen LogP contribution in [0.2, 0.25) is 0 Å². The van der Waals surface area contributed by atoms with Crippen LogP contribution in [0.1, 0.15) is 25.7 Å². The molecule has 0 aromatic carbocycles. The van der Waals surface area contributed by atoms with E-state index in [1.165, 1.54) is 0 Å². The molecule has 0 aliphatic rings. The minimum atomic E-state index is -1.44. The van der Waals surface area contributed by atoms with Gasteiger partial charge in [-0.25, -0.2) is 9.59 Å². The number of unbranched alkanes of at least 4 members (excludes halogenated alkanes) is 2. The Morgan fingerprint density at radius 3 is 2.39 bits per heavy atom. The largest absolute Gasteiger partial charge is 0.481 e. The van der Waals surface area contributed by atoms with Crippen LogP contribution < -0.4 is 10.6 Å². The average molecular weight is 256 g/mol. The molecule has 0 rings (SSSR count). The van der Waals surface area contributed by atoms with Crippen LogP contribution in [0.4, 0.5) is 4.79 Å². The number of rotatable bonds is 8. The summed E-state index contributed by atoms with van der Waals surface area (Å²) in [5.41, 5.74) is 0.